The lowest BCUT2D eigenvalue weighted by atomic mass is 10.2. The number of benzene rings is 1. The Hall–Kier alpha value is -3.13. The summed E-state index contributed by atoms with van der Waals surface area (Å²) in [5, 5.41) is 8.54. The molecule has 4 rings (SSSR count). The van der Waals surface area contributed by atoms with Crippen LogP contribution in [0.4, 0.5) is 22.0 Å². The molecule has 152 valence electrons. The first-order valence-corrected chi connectivity index (χ1v) is 9.91. The maximum Gasteiger partial charge on any atom is 0.319 e. The summed E-state index contributed by atoms with van der Waals surface area (Å²) in [5.74, 6) is 1.07. The Morgan fingerprint density at radius 3 is 2.59 bits per heavy atom. The molecule has 1 aromatic heterocycles. The first kappa shape index (κ1) is 19.2. The second-order valence-corrected chi connectivity index (χ2v) is 7.27. The molecule has 2 aliphatic rings. The monoisotopic (exact) mass is 395 g/mol. The standard InChI is InChI=1S/C21H25N5O3/c27-20(16-4-5-16)24-17-2-1-3-18(13-17)25-21(28)23-14-15-6-7-22-19(12-15)26-8-10-29-11-9-26/h1-3,6-7,12-13,16H,4-5,8-11,14H2,(H,24,27)(H2,23,25,28). The van der Waals surface area contributed by atoms with Gasteiger partial charge in [-0.2, -0.15) is 0 Å². The molecule has 0 bridgehead atoms. The van der Waals surface area contributed by atoms with Crippen LogP contribution in [-0.2, 0) is 16.1 Å². The van der Waals surface area contributed by atoms with Gasteiger partial charge in [0.2, 0.25) is 5.91 Å². The molecular weight excluding hydrogens is 370 g/mol. The van der Waals surface area contributed by atoms with Crippen molar-refractivity contribution in [1.29, 1.82) is 0 Å². The van der Waals surface area contributed by atoms with E-state index in [9.17, 15) is 9.59 Å². The minimum Gasteiger partial charge on any atom is -0.378 e. The second-order valence-electron chi connectivity index (χ2n) is 7.27. The number of aromatic nitrogens is 1. The molecule has 2 fully saturated rings. The molecule has 3 amide bonds. The number of carbonyl (C=O) groups is 2. The van der Waals surface area contributed by atoms with Gasteiger partial charge in [0.15, 0.2) is 0 Å². The lowest BCUT2D eigenvalue weighted by molar-refractivity contribution is -0.117. The highest BCUT2D eigenvalue weighted by Gasteiger charge is 2.29. The molecule has 0 spiro atoms. The third-order valence-corrected chi connectivity index (χ3v) is 4.93. The fourth-order valence-corrected chi connectivity index (χ4v) is 3.16. The first-order valence-electron chi connectivity index (χ1n) is 9.91. The predicted octanol–water partition coefficient (Wildman–Crippen LogP) is 2.59. The van der Waals surface area contributed by atoms with Crippen molar-refractivity contribution in [1.82, 2.24) is 10.3 Å². The number of hydrogen-bond acceptors (Lipinski definition) is 5. The van der Waals surface area contributed by atoms with Gasteiger partial charge >= 0.3 is 6.03 Å². The quantitative estimate of drug-likeness (QED) is 0.699. The van der Waals surface area contributed by atoms with E-state index in [0.717, 1.165) is 37.3 Å². The number of carbonyl (C=O) groups excluding carboxylic acids is 2. The summed E-state index contributed by atoms with van der Waals surface area (Å²) in [6.07, 6.45) is 3.66. The lowest BCUT2D eigenvalue weighted by Crippen LogP contribution is -2.36. The van der Waals surface area contributed by atoms with Gasteiger partial charge < -0.3 is 25.6 Å². The predicted molar refractivity (Wildman–Crippen MR) is 111 cm³/mol. The molecule has 1 aromatic carbocycles. The van der Waals surface area contributed by atoms with Gasteiger partial charge in [0, 0.05) is 43.1 Å². The molecule has 0 radical (unpaired) electrons. The number of hydrogen-bond donors (Lipinski definition) is 3. The summed E-state index contributed by atoms with van der Waals surface area (Å²) in [7, 11) is 0. The zero-order chi connectivity index (χ0) is 20.1. The normalized spacial score (nSPS) is 16.2. The highest BCUT2D eigenvalue weighted by Crippen LogP contribution is 2.30. The van der Waals surface area contributed by atoms with Gasteiger partial charge in [0.1, 0.15) is 5.82 Å². The summed E-state index contributed by atoms with van der Waals surface area (Å²) < 4.78 is 5.37. The Kier molecular flexibility index (Phi) is 5.90. The SMILES string of the molecule is O=C(NCc1ccnc(N2CCOCC2)c1)Nc1cccc(NC(=O)C2CC2)c1. The van der Waals surface area contributed by atoms with E-state index in [0.29, 0.717) is 31.1 Å². The molecule has 1 aliphatic heterocycles. The maximum atomic E-state index is 12.3. The van der Waals surface area contributed by atoms with Crippen molar-refractivity contribution in [3.63, 3.8) is 0 Å². The van der Waals surface area contributed by atoms with Crippen LogP contribution in [0.1, 0.15) is 18.4 Å². The topological polar surface area (TPSA) is 95.6 Å². The van der Waals surface area contributed by atoms with E-state index in [1.165, 1.54) is 0 Å². The summed E-state index contributed by atoms with van der Waals surface area (Å²) in [6.45, 7) is 3.43. The molecule has 0 atom stereocenters. The van der Waals surface area contributed by atoms with Crippen molar-refractivity contribution in [2.75, 3.05) is 41.8 Å². The van der Waals surface area contributed by atoms with Crippen LogP contribution in [0.3, 0.4) is 0 Å². The van der Waals surface area contributed by atoms with Gasteiger partial charge in [0.05, 0.1) is 13.2 Å². The van der Waals surface area contributed by atoms with Gasteiger partial charge in [-0.3, -0.25) is 4.79 Å². The van der Waals surface area contributed by atoms with E-state index in [1.807, 2.05) is 18.2 Å². The average molecular weight is 395 g/mol. The van der Waals surface area contributed by atoms with Crippen LogP contribution in [0.2, 0.25) is 0 Å². The van der Waals surface area contributed by atoms with Gasteiger partial charge in [-0.25, -0.2) is 9.78 Å². The second kappa shape index (κ2) is 8.91. The summed E-state index contributed by atoms with van der Waals surface area (Å²) in [5.41, 5.74) is 2.28. The van der Waals surface area contributed by atoms with Crippen molar-refractivity contribution in [3.05, 3.63) is 48.2 Å². The molecule has 8 nitrogen and oxygen atoms in total. The van der Waals surface area contributed by atoms with Crippen LogP contribution in [-0.4, -0.2) is 43.2 Å². The lowest BCUT2D eigenvalue weighted by Gasteiger charge is -2.28. The van der Waals surface area contributed by atoms with Gasteiger partial charge in [-0.05, 0) is 48.7 Å². The van der Waals surface area contributed by atoms with Crippen LogP contribution in [0.25, 0.3) is 0 Å². The van der Waals surface area contributed by atoms with E-state index in [4.69, 9.17) is 4.74 Å². The molecule has 1 saturated heterocycles. The number of nitrogens with zero attached hydrogens (tertiary/aromatic N) is 2. The first-order chi connectivity index (χ1) is 14.2. The third-order valence-electron chi connectivity index (χ3n) is 4.93. The molecule has 0 unspecified atom stereocenters. The Morgan fingerprint density at radius 1 is 1.07 bits per heavy atom. The van der Waals surface area contributed by atoms with Crippen LogP contribution >= 0.6 is 0 Å². The Balaban J connectivity index is 1.29. The highest BCUT2D eigenvalue weighted by molar-refractivity contribution is 5.95. The molecule has 1 saturated carbocycles. The summed E-state index contributed by atoms with van der Waals surface area (Å²) >= 11 is 0. The van der Waals surface area contributed by atoms with Crippen molar-refractivity contribution in [3.8, 4) is 0 Å². The van der Waals surface area contributed by atoms with Crippen LogP contribution in [0.15, 0.2) is 42.6 Å². The molecule has 2 heterocycles. The van der Waals surface area contributed by atoms with Crippen molar-refractivity contribution in [2.24, 2.45) is 5.92 Å². The zero-order valence-electron chi connectivity index (χ0n) is 16.2. The van der Waals surface area contributed by atoms with E-state index >= 15 is 0 Å². The molecule has 3 N–H and O–H groups in total. The molecule has 2 aromatic rings. The minimum absolute atomic E-state index is 0.0420. The molecule has 29 heavy (non-hydrogen) atoms. The number of rotatable bonds is 6. The largest absolute Gasteiger partial charge is 0.378 e. The van der Waals surface area contributed by atoms with Crippen LogP contribution in [0.5, 0.6) is 0 Å². The molecule has 8 heteroatoms. The number of ether oxygens (including phenoxy) is 1. The molecular formula is C21H25N5O3. The van der Waals surface area contributed by atoms with Gasteiger partial charge in [-0.15, -0.1) is 0 Å². The Labute approximate surface area is 169 Å². The number of urea groups is 1. The summed E-state index contributed by atoms with van der Waals surface area (Å²) in [4.78, 5) is 30.7. The van der Waals surface area contributed by atoms with E-state index < -0.39 is 0 Å². The molecule has 1 aliphatic carbocycles. The fraction of sp³-hybridized carbons (Fsp3) is 0.381. The zero-order valence-corrected chi connectivity index (χ0v) is 16.2. The highest BCUT2D eigenvalue weighted by atomic mass is 16.5. The van der Waals surface area contributed by atoms with Crippen LogP contribution < -0.4 is 20.9 Å². The third kappa shape index (κ3) is 5.45. The van der Waals surface area contributed by atoms with Crippen LogP contribution in [0, 0.1) is 5.92 Å². The smallest absolute Gasteiger partial charge is 0.319 e. The summed E-state index contributed by atoms with van der Waals surface area (Å²) in [6, 6.07) is 10.7. The van der Waals surface area contributed by atoms with E-state index in [-0.39, 0.29) is 17.9 Å². The minimum atomic E-state index is -0.305. The number of pyridine rings is 1. The Bertz CT molecular complexity index is 878. The van der Waals surface area contributed by atoms with Crippen molar-refractivity contribution in [2.45, 2.75) is 19.4 Å². The maximum absolute atomic E-state index is 12.3. The van der Waals surface area contributed by atoms with E-state index in [2.05, 4.69) is 25.8 Å². The van der Waals surface area contributed by atoms with Gasteiger partial charge in [-0.1, -0.05) is 6.07 Å². The van der Waals surface area contributed by atoms with Gasteiger partial charge in [0.25, 0.3) is 0 Å². The van der Waals surface area contributed by atoms with Crippen molar-refractivity contribution < 1.29 is 14.3 Å². The van der Waals surface area contributed by atoms with E-state index in [1.54, 1.807) is 24.4 Å². The Morgan fingerprint density at radius 2 is 1.83 bits per heavy atom. The number of nitrogens with one attached hydrogen (secondary N) is 3. The average Bonchev–Trinajstić information content (AvgIpc) is 3.59. The number of amides is 3. The number of anilines is 3. The number of morpholine rings is 1. The van der Waals surface area contributed by atoms with Crippen molar-refractivity contribution >= 4 is 29.1 Å². The fourth-order valence-electron chi connectivity index (χ4n) is 3.16.